The fraction of sp³-hybridized carbons (Fsp3) is 0.667. The number of rotatable bonds is 11. The van der Waals surface area contributed by atoms with Gasteiger partial charge in [0.1, 0.15) is 11.8 Å². The number of likely N-dealkylation sites (N-methyl/N-ethyl adjacent to an activating group) is 1. The van der Waals surface area contributed by atoms with Crippen LogP contribution < -0.4 is 16.9 Å². The summed E-state index contributed by atoms with van der Waals surface area (Å²) in [5.74, 6) is -5.46. The van der Waals surface area contributed by atoms with E-state index in [4.69, 9.17) is 33.9 Å². The number of aliphatic hydroxyl groups excluding tert-OH is 2. The largest absolute Gasteiger partial charge is 0.481 e. The number of carboxylic acids is 1. The maximum atomic E-state index is 12.2. The second-order valence-corrected chi connectivity index (χ2v) is 6.60. The molecule has 1 unspecified atom stereocenters. The molecule has 0 aromatic carbocycles. The number of carbonyl (C=O) groups is 4. The van der Waals surface area contributed by atoms with Gasteiger partial charge in [-0.2, -0.15) is 0 Å². The molecule has 0 aromatic rings. The highest BCUT2D eigenvalue weighted by molar-refractivity contribution is 7.80. The van der Waals surface area contributed by atoms with Gasteiger partial charge in [-0.3, -0.25) is 29.6 Å². The van der Waals surface area contributed by atoms with E-state index >= 15 is 0 Å². The number of aliphatic hydroxyl groups is 2. The maximum absolute atomic E-state index is 12.2. The molecule has 0 aliphatic carbocycles. The van der Waals surface area contributed by atoms with Crippen LogP contribution in [0.1, 0.15) is 26.2 Å². The van der Waals surface area contributed by atoms with Crippen molar-refractivity contribution in [1.82, 2.24) is 10.4 Å². The predicted molar refractivity (Wildman–Crippen MR) is 97.9 cm³/mol. The van der Waals surface area contributed by atoms with Gasteiger partial charge in [-0.1, -0.05) is 12.2 Å². The lowest BCUT2D eigenvalue weighted by Crippen LogP contribution is -2.52. The van der Waals surface area contributed by atoms with Crippen molar-refractivity contribution in [3.05, 3.63) is 0 Å². The summed E-state index contributed by atoms with van der Waals surface area (Å²) in [7, 11) is 1.29. The molecule has 0 aliphatic rings. The fourth-order valence-electron chi connectivity index (χ4n) is 2.21. The predicted octanol–water partition coefficient (Wildman–Crippen LogP) is -2.48. The third-order valence-electron chi connectivity index (χ3n) is 3.76. The van der Waals surface area contributed by atoms with Crippen LogP contribution in [-0.2, 0) is 19.2 Å². The van der Waals surface area contributed by atoms with Gasteiger partial charge in [0.05, 0.1) is 23.6 Å². The van der Waals surface area contributed by atoms with E-state index in [2.05, 4.69) is 5.43 Å². The number of carbonyl (C=O) groups excluding carboxylic acids is 3. The number of hydrazine groups is 1. The first-order valence-corrected chi connectivity index (χ1v) is 8.46. The summed E-state index contributed by atoms with van der Waals surface area (Å²) >= 11 is 5.11. The molecule has 0 saturated heterocycles. The number of aliphatic carboxylic acids is 1. The van der Waals surface area contributed by atoms with Crippen LogP contribution in [0.15, 0.2) is 0 Å². The Labute approximate surface area is 161 Å². The lowest BCUT2D eigenvalue weighted by atomic mass is 9.91. The van der Waals surface area contributed by atoms with Crippen LogP contribution in [0.5, 0.6) is 0 Å². The van der Waals surface area contributed by atoms with Gasteiger partial charge in [-0.15, -0.1) is 0 Å². The first kappa shape index (κ1) is 24.8. The van der Waals surface area contributed by atoms with Crippen molar-refractivity contribution in [3.8, 4) is 0 Å². The number of carboxylic acid groups (broad SMARTS) is 1. The monoisotopic (exact) mass is 406 g/mol. The van der Waals surface area contributed by atoms with Crippen LogP contribution in [0.3, 0.4) is 0 Å². The van der Waals surface area contributed by atoms with Crippen LogP contribution in [0, 0.1) is 11.8 Å². The normalized spacial score (nSPS) is 15.1. The van der Waals surface area contributed by atoms with E-state index in [1.807, 2.05) is 0 Å². The van der Waals surface area contributed by atoms with Gasteiger partial charge in [0, 0.05) is 32.2 Å². The molecule has 0 heterocycles. The molecule has 2 amide bonds. The third kappa shape index (κ3) is 8.86. The highest BCUT2D eigenvalue weighted by Gasteiger charge is 2.29. The SMILES string of the molecule is CC(O)[C@H](CC(=O)C[C@@H](CC(N)=O)C(=S)NN(C)C(=O)[C@@H](N)CO)C(=O)O. The minimum absolute atomic E-state index is 0.0490. The van der Waals surface area contributed by atoms with Crippen LogP contribution in [0.25, 0.3) is 0 Å². The Balaban J connectivity index is 5.08. The summed E-state index contributed by atoms with van der Waals surface area (Å²) in [4.78, 5) is 46.3. The first-order valence-electron chi connectivity index (χ1n) is 8.06. The summed E-state index contributed by atoms with van der Waals surface area (Å²) in [6, 6.07) is -1.18. The maximum Gasteiger partial charge on any atom is 0.309 e. The summed E-state index contributed by atoms with van der Waals surface area (Å²) in [6.07, 6.45) is -2.30. The highest BCUT2D eigenvalue weighted by Crippen LogP contribution is 2.17. The lowest BCUT2D eigenvalue weighted by molar-refractivity contribution is -0.147. The zero-order valence-corrected chi connectivity index (χ0v) is 15.9. The molecule has 0 saturated carbocycles. The van der Waals surface area contributed by atoms with Crippen molar-refractivity contribution in [2.24, 2.45) is 23.3 Å². The van der Waals surface area contributed by atoms with E-state index in [-0.39, 0.29) is 17.8 Å². The van der Waals surface area contributed by atoms with Gasteiger partial charge in [0.15, 0.2) is 0 Å². The van der Waals surface area contributed by atoms with Crippen molar-refractivity contribution in [3.63, 3.8) is 0 Å². The quantitative estimate of drug-likeness (QED) is 0.158. The smallest absolute Gasteiger partial charge is 0.309 e. The molecule has 0 fully saturated rings. The van der Waals surface area contributed by atoms with Crippen molar-refractivity contribution >= 4 is 40.8 Å². The number of hydrogen-bond acceptors (Lipinski definition) is 8. The number of nitrogens with two attached hydrogens (primary N) is 2. The summed E-state index contributed by atoms with van der Waals surface area (Å²) in [6.45, 7) is 0.668. The van der Waals surface area contributed by atoms with Crippen LogP contribution in [-0.4, -0.2) is 74.7 Å². The van der Waals surface area contributed by atoms with Crippen LogP contribution in [0.2, 0.25) is 0 Å². The fourth-order valence-corrected chi connectivity index (χ4v) is 2.51. The molecular weight excluding hydrogens is 380 g/mol. The topological polar surface area (TPSA) is 196 Å². The Bertz CT molecular complexity index is 585. The second-order valence-electron chi connectivity index (χ2n) is 6.16. The molecule has 0 spiro atoms. The van der Waals surface area contributed by atoms with Gasteiger partial charge in [-0.25, -0.2) is 0 Å². The zero-order valence-electron chi connectivity index (χ0n) is 15.1. The molecule has 4 atom stereocenters. The highest BCUT2D eigenvalue weighted by atomic mass is 32.1. The van der Waals surface area contributed by atoms with Crippen molar-refractivity contribution in [2.45, 2.75) is 38.3 Å². The van der Waals surface area contributed by atoms with E-state index in [0.717, 1.165) is 5.01 Å². The molecule has 0 bridgehead atoms. The first-order chi connectivity index (χ1) is 12.4. The molecule has 27 heavy (non-hydrogen) atoms. The number of nitrogens with one attached hydrogen (secondary N) is 1. The van der Waals surface area contributed by atoms with Crippen molar-refractivity contribution < 1.29 is 34.5 Å². The van der Waals surface area contributed by atoms with Crippen LogP contribution >= 0.6 is 12.2 Å². The zero-order chi connectivity index (χ0) is 21.3. The second kappa shape index (κ2) is 11.5. The number of ketones is 1. The number of Topliss-reactive ketones (excluding diaryl/α,β-unsaturated/α-hetero) is 1. The molecule has 11 nitrogen and oxygen atoms in total. The average molecular weight is 406 g/mol. The summed E-state index contributed by atoms with van der Waals surface area (Å²) < 4.78 is 0. The van der Waals surface area contributed by atoms with Gasteiger partial charge >= 0.3 is 5.97 Å². The Morgan fingerprint density at radius 2 is 1.74 bits per heavy atom. The molecule has 12 heteroatoms. The summed E-state index contributed by atoms with van der Waals surface area (Å²) in [5.41, 5.74) is 13.1. The van der Waals surface area contributed by atoms with Gasteiger partial charge in [0.2, 0.25) is 5.91 Å². The number of nitrogens with zero attached hydrogens (tertiary/aromatic N) is 1. The number of thiocarbonyl (C=S) groups is 1. The Morgan fingerprint density at radius 3 is 2.15 bits per heavy atom. The molecular formula is C15H26N4O7S. The molecule has 0 radical (unpaired) electrons. The molecule has 154 valence electrons. The van der Waals surface area contributed by atoms with E-state index in [1.165, 1.54) is 14.0 Å². The lowest BCUT2D eigenvalue weighted by Gasteiger charge is -2.26. The van der Waals surface area contributed by atoms with E-state index in [9.17, 15) is 24.3 Å². The van der Waals surface area contributed by atoms with E-state index in [1.54, 1.807) is 0 Å². The van der Waals surface area contributed by atoms with E-state index < -0.39 is 60.6 Å². The standard InChI is InChI=1S/C15H26N4O7S/c1-7(21)10(15(25)26)5-9(22)3-8(4-12(17)23)13(27)18-19(2)14(24)11(16)6-20/h7-8,10-11,20-21H,3-6,16H2,1-2H3,(H2,17,23)(H,18,27)(H,25,26)/t7?,8-,10-,11-/m0/s1. The number of hydrogen-bond donors (Lipinski definition) is 6. The van der Waals surface area contributed by atoms with Gasteiger partial charge in [-0.05, 0) is 6.92 Å². The Kier molecular flexibility index (Phi) is 10.6. The van der Waals surface area contributed by atoms with Crippen molar-refractivity contribution in [1.29, 1.82) is 0 Å². The summed E-state index contributed by atoms with van der Waals surface area (Å²) in [5, 5.41) is 28.3. The average Bonchev–Trinajstić information content (AvgIpc) is 2.56. The molecule has 0 rings (SSSR count). The number of primary amides is 1. The van der Waals surface area contributed by atoms with Crippen molar-refractivity contribution in [2.75, 3.05) is 13.7 Å². The Hall–Kier alpha value is -2.15. The van der Waals surface area contributed by atoms with Crippen LogP contribution in [0.4, 0.5) is 0 Å². The Morgan fingerprint density at radius 1 is 1.19 bits per heavy atom. The minimum Gasteiger partial charge on any atom is -0.481 e. The minimum atomic E-state index is -1.33. The van der Waals surface area contributed by atoms with Gasteiger partial charge in [0.25, 0.3) is 5.91 Å². The molecule has 0 aromatic heterocycles. The van der Waals surface area contributed by atoms with E-state index in [0.29, 0.717) is 0 Å². The molecule has 8 N–H and O–H groups in total. The molecule has 0 aliphatic heterocycles. The third-order valence-corrected chi connectivity index (χ3v) is 4.19. The van der Waals surface area contributed by atoms with Gasteiger partial charge < -0.3 is 26.8 Å². The number of amides is 2.